The van der Waals surface area contributed by atoms with Gasteiger partial charge in [0.25, 0.3) is 0 Å². The molecular weight excluding hydrogens is 697 g/mol. The number of anilines is 1. The molecule has 0 radical (unpaired) electrons. The van der Waals surface area contributed by atoms with Crippen LogP contribution in [0.3, 0.4) is 0 Å². The lowest BCUT2D eigenvalue weighted by atomic mass is 9.80. The molecule has 0 spiro atoms. The Labute approximate surface area is 306 Å². The van der Waals surface area contributed by atoms with Gasteiger partial charge in [-0.1, -0.05) is 53.5 Å². The summed E-state index contributed by atoms with van der Waals surface area (Å²) in [5.74, 6) is -0.251. The Morgan fingerprint density at radius 2 is 1.63 bits per heavy atom. The number of benzene rings is 3. The van der Waals surface area contributed by atoms with Crippen LogP contribution in [-0.4, -0.2) is 69.1 Å². The third-order valence-corrected chi connectivity index (χ3v) is 10.5. The molecule has 3 saturated heterocycles. The molecule has 3 aliphatic heterocycles. The summed E-state index contributed by atoms with van der Waals surface area (Å²) in [6, 6.07) is 17.4. The Kier molecular flexibility index (Phi) is 11.1. The number of hydrogen-bond donors (Lipinski definition) is 1. The quantitative estimate of drug-likeness (QED) is 0.121. The zero-order chi connectivity index (χ0) is 36.2. The zero-order valence-electron chi connectivity index (χ0n) is 28.5. The number of piperidine rings is 3. The number of rotatable bonds is 12. The molecule has 0 saturated carbocycles. The number of aromatic nitrogens is 1. The standard InChI is InChI=1S/C38H39Cl2N3O8/c1-48-32-10-5-4-9-31(32)43(38(46)51-35-22-41-15-13-23(35)14-16-41)19-25-7-6-8-26(37(44)45)36(25)27(18-28-29(39)20-42(47)21-30(28)40)24-11-12-33(49-2)34(17-24)50-3/h4-12,17,20-21,23,27,35H,13-16,18-19,22H2,1-3H3,(H,44,45)/t27-,35-/m0/s1. The van der Waals surface area contributed by atoms with E-state index in [1.165, 1.54) is 44.7 Å². The van der Waals surface area contributed by atoms with Crippen molar-refractivity contribution in [2.45, 2.75) is 37.8 Å². The van der Waals surface area contributed by atoms with E-state index in [9.17, 15) is 19.9 Å². The predicted octanol–water partition coefficient (Wildman–Crippen LogP) is 6.96. The van der Waals surface area contributed by atoms with Gasteiger partial charge >= 0.3 is 12.1 Å². The van der Waals surface area contributed by atoms with Crippen LogP contribution in [0.1, 0.15) is 51.4 Å². The molecule has 7 rings (SSSR count). The normalized spacial score (nSPS) is 18.5. The summed E-state index contributed by atoms with van der Waals surface area (Å²) in [5, 5.41) is 23.0. The molecule has 1 aromatic heterocycles. The summed E-state index contributed by atoms with van der Waals surface area (Å²) in [5.41, 5.74) is 2.54. The molecular formula is C38H39Cl2N3O8. The highest BCUT2D eigenvalue weighted by molar-refractivity contribution is 6.35. The van der Waals surface area contributed by atoms with Crippen LogP contribution in [0.25, 0.3) is 0 Å². The van der Waals surface area contributed by atoms with Crippen molar-refractivity contribution in [1.29, 1.82) is 0 Å². The number of hydrogen-bond acceptors (Lipinski definition) is 8. The summed E-state index contributed by atoms with van der Waals surface area (Å²) < 4.78 is 23.6. The molecule has 11 nitrogen and oxygen atoms in total. The number of ether oxygens (including phenoxy) is 4. The maximum atomic E-state index is 14.3. The smallest absolute Gasteiger partial charge is 0.415 e. The summed E-state index contributed by atoms with van der Waals surface area (Å²) in [7, 11) is 4.56. The van der Waals surface area contributed by atoms with Gasteiger partial charge in [-0.15, -0.1) is 0 Å². The fourth-order valence-corrected chi connectivity index (χ4v) is 7.84. The molecule has 0 unspecified atom stereocenters. The fourth-order valence-electron chi connectivity index (χ4n) is 7.24. The number of carboxylic acids is 1. The number of para-hydroxylation sites is 2. The Morgan fingerprint density at radius 1 is 0.941 bits per heavy atom. The van der Waals surface area contributed by atoms with E-state index in [1.807, 2.05) is 12.1 Å². The number of pyridine rings is 1. The first-order valence-corrected chi connectivity index (χ1v) is 17.3. The van der Waals surface area contributed by atoms with E-state index in [1.54, 1.807) is 42.5 Å². The van der Waals surface area contributed by atoms with Gasteiger partial charge in [0.1, 0.15) is 21.9 Å². The van der Waals surface area contributed by atoms with Gasteiger partial charge in [0.15, 0.2) is 23.9 Å². The van der Waals surface area contributed by atoms with Crippen molar-refractivity contribution in [2.75, 3.05) is 45.9 Å². The van der Waals surface area contributed by atoms with E-state index in [2.05, 4.69) is 4.90 Å². The minimum Gasteiger partial charge on any atom is -0.619 e. The van der Waals surface area contributed by atoms with Crippen molar-refractivity contribution in [3.63, 3.8) is 0 Å². The maximum absolute atomic E-state index is 14.3. The van der Waals surface area contributed by atoms with E-state index >= 15 is 0 Å². The molecule has 3 aromatic carbocycles. The summed E-state index contributed by atoms with van der Waals surface area (Å²) in [4.78, 5) is 31.1. The number of nitrogens with zero attached hydrogens (tertiary/aromatic N) is 3. The number of amides is 1. The van der Waals surface area contributed by atoms with Crippen LogP contribution in [0.15, 0.2) is 73.1 Å². The van der Waals surface area contributed by atoms with E-state index in [0.29, 0.717) is 56.5 Å². The number of methoxy groups -OCH3 is 3. The molecule has 1 amide bonds. The van der Waals surface area contributed by atoms with Gasteiger partial charge in [0.2, 0.25) is 0 Å². The van der Waals surface area contributed by atoms with Gasteiger partial charge in [0.05, 0.1) is 39.1 Å². The molecule has 2 bridgehead atoms. The largest absolute Gasteiger partial charge is 0.619 e. The highest BCUT2D eigenvalue weighted by Gasteiger charge is 2.38. The number of carbonyl (C=O) groups is 2. The number of halogens is 2. The molecule has 13 heteroatoms. The van der Waals surface area contributed by atoms with Crippen molar-refractivity contribution in [3.05, 3.63) is 116 Å². The van der Waals surface area contributed by atoms with Gasteiger partial charge in [-0.3, -0.25) is 9.80 Å². The molecule has 268 valence electrons. The average Bonchev–Trinajstić information content (AvgIpc) is 3.13. The molecule has 3 aliphatic rings. The van der Waals surface area contributed by atoms with Crippen molar-refractivity contribution in [2.24, 2.45) is 5.92 Å². The van der Waals surface area contributed by atoms with Gasteiger partial charge < -0.3 is 29.3 Å². The van der Waals surface area contributed by atoms with E-state index in [4.69, 9.17) is 42.1 Å². The first-order valence-electron chi connectivity index (χ1n) is 16.6. The average molecular weight is 737 g/mol. The van der Waals surface area contributed by atoms with Crippen molar-refractivity contribution in [1.82, 2.24) is 4.90 Å². The Morgan fingerprint density at radius 3 is 2.25 bits per heavy atom. The van der Waals surface area contributed by atoms with Crippen molar-refractivity contribution < 1.29 is 38.4 Å². The van der Waals surface area contributed by atoms with Crippen LogP contribution in [0.5, 0.6) is 17.2 Å². The van der Waals surface area contributed by atoms with Crippen LogP contribution in [0, 0.1) is 11.1 Å². The Bertz CT molecular complexity index is 1890. The summed E-state index contributed by atoms with van der Waals surface area (Å²) in [6.45, 7) is 2.58. The minimum absolute atomic E-state index is 0.0140. The fraction of sp³-hybridized carbons (Fsp3) is 0.342. The Balaban J connectivity index is 1.50. The van der Waals surface area contributed by atoms with E-state index in [0.717, 1.165) is 25.9 Å². The third-order valence-electron chi connectivity index (χ3n) is 9.82. The summed E-state index contributed by atoms with van der Waals surface area (Å²) >= 11 is 13.2. The van der Waals surface area contributed by atoms with Crippen LogP contribution >= 0.6 is 23.2 Å². The number of carbonyl (C=O) groups excluding carboxylic acids is 1. The summed E-state index contributed by atoms with van der Waals surface area (Å²) in [6.07, 6.45) is 3.58. The highest BCUT2D eigenvalue weighted by atomic mass is 35.5. The second-order valence-electron chi connectivity index (χ2n) is 12.7. The van der Waals surface area contributed by atoms with Crippen LogP contribution in [0.2, 0.25) is 10.0 Å². The second-order valence-corrected chi connectivity index (χ2v) is 13.5. The van der Waals surface area contributed by atoms with Crippen molar-refractivity contribution in [3.8, 4) is 17.2 Å². The van der Waals surface area contributed by atoms with Crippen LogP contribution in [-0.2, 0) is 17.7 Å². The third kappa shape index (κ3) is 7.66. The maximum Gasteiger partial charge on any atom is 0.415 e. The molecule has 4 aromatic rings. The lowest BCUT2D eigenvalue weighted by Crippen LogP contribution is -2.53. The predicted molar refractivity (Wildman–Crippen MR) is 193 cm³/mol. The lowest BCUT2D eigenvalue weighted by molar-refractivity contribution is -0.605. The Hall–Kier alpha value is -4.71. The van der Waals surface area contributed by atoms with E-state index < -0.39 is 18.0 Å². The first-order chi connectivity index (χ1) is 24.6. The molecule has 1 N–H and O–H groups in total. The second kappa shape index (κ2) is 15.7. The molecule has 4 heterocycles. The van der Waals surface area contributed by atoms with Crippen LogP contribution in [0.4, 0.5) is 10.5 Å². The molecule has 3 fully saturated rings. The number of fused-ring (bicyclic) bond motifs is 3. The van der Waals surface area contributed by atoms with Crippen molar-refractivity contribution >= 4 is 41.0 Å². The topological polar surface area (TPSA) is 125 Å². The number of carboxylic acid groups (broad SMARTS) is 1. The molecule has 0 aliphatic carbocycles. The monoisotopic (exact) mass is 735 g/mol. The SMILES string of the molecule is COc1ccc([C@H](Cc2c(Cl)c[n+]([O-])cc2Cl)c2c(CN(C(=O)O[C@H]3CN4CCC3CC4)c3ccccc3OC)cccc2C(=O)O)cc1OC. The molecule has 2 atom stereocenters. The number of aromatic carboxylic acids is 1. The van der Waals surface area contributed by atoms with E-state index in [-0.39, 0.29) is 40.6 Å². The lowest BCUT2D eigenvalue weighted by Gasteiger charge is -2.44. The van der Waals surface area contributed by atoms with Crippen LogP contribution < -0.4 is 23.8 Å². The van der Waals surface area contributed by atoms with Gasteiger partial charge in [-0.2, -0.15) is 4.73 Å². The van der Waals surface area contributed by atoms with Gasteiger partial charge in [-0.25, -0.2) is 9.59 Å². The zero-order valence-corrected chi connectivity index (χ0v) is 30.0. The van der Waals surface area contributed by atoms with Gasteiger partial charge in [-0.05, 0) is 85.3 Å². The minimum atomic E-state index is -1.17. The highest BCUT2D eigenvalue weighted by Crippen LogP contribution is 2.41. The first kappa shape index (κ1) is 36.1. The molecule has 51 heavy (non-hydrogen) atoms. The van der Waals surface area contributed by atoms with Gasteiger partial charge in [0, 0.05) is 18.0 Å².